The fourth-order valence-electron chi connectivity index (χ4n) is 2.26. The van der Waals surface area contributed by atoms with Crippen LogP contribution in [-0.4, -0.2) is 23.6 Å². The molecular weight excluding hydrogens is 250 g/mol. The van der Waals surface area contributed by atoms with E-state index in [0.29, 0.717) is 0 Å². The summed E-state index contributed by atoms with van der Waals surface area (Å²) in [6.07, 6.45) is 2.65. The third kappa shape index (κ3) is 3.07. The van der Waals surface area contributed by atoms with Crippen molar-refractivity contribution in [3.63, 3.8) is 0 Å². The van der Waals surface area contributed by atoms with Crippen molar-refractivity contribution >= 4 is 5.82 Å². The number of hydrogen-bond acceptors (Lipinski definition) is 4. The van der Waals surface area contributed by atoms with Gasteiger partial charge < -0.3 is 10.1 Å². The van der Waals surface area contributed by atoms with Crippen molar-refractivity contribution in [3.8, 4) is 17.0 Å². The number of hydrogen-bond donors (Lipinski definition) is 1. The SMILES string of the molecule is CCCNc1cc(-c2c(C)cc(C)cc2OC)ncn1. The molecule has 0 radical (unpaired) electrons. The number of aryl methyl sites for hydroxylation is 2. The van der Waals surface area contributed by atoms with Gasteiger partial charge in [0.1, 0.15) is 17.9 Å². The molecule has 0 saturated carbocycles. The molecule has 2 rings (SSSR count). The Morgan fingerprint density at radius 2 is 1.95 bits per heavy atom. The van der Waals surface area contributed by atoms with Gasteiger partial charge in [0.2, 0.25) is 0 Å². The van der Waals surface area contributed by atoms with Gasteiger partial charge >= 0.3 is 0 Å². The number of ether oxygens (including phenoxy) is 1. The minimum absolute atomic E-state index is 0.846. The smallest absolute Gasteiger partial charge is 0.129 e. The second kappa shape index (κ2) is 6.37. The Kier molecular flexibility index (Phi) is 4.56. The summed E-state index contributed by atoms with van der Waals surface area (Å²) >= 11 is 0. The van der Waals surface area contributed by atoms with Crippen molar-refractivity contribution in [2.24, 2.45) is 0 Å². The molecule has 0 bridgehead atoms. The van der Waals surface area contributed by atoms with E-state index >= 15 is 0 Å². The van der Waals surface area contributed by atoms with E-state index in [9.17, 15) is 0 Å². The van der Waals surface area contributed by atoms with E-state index in [1.807, 2.05) is 12.1 Å². The van der Waals surface area contributed by atoms with Crippen LogP contribution in [0.5, 0.6) is 5.75 Å². The molecule has 106 valence electrons. The van der Waals surface area contributed by atoms with E-state index < -0.39 is 0 Å². The minimum atomic E-state index is 0.846. The van der Waals surface area contributed by atoms with Gasteiger partial charge in [-0.1, -0.05) is 13.0 Å². The average molecular weight is 271 g/mol. The number of benzene rings is 1. The van der Waals surface area contributed by atoms with Crippen molar-refractivity contribution in [1.29, 1.82) is 0 Å². The lowest BCUT2D eigenvalue weighted by atomic mass is 10.0. The van der Waals surface area contributed by atoms with Gasteiger partial charge in [-0.05, 0) is 37.5 Å². The lowest BCUT2D eigenvalue weighted by Gasteiger charge is -2.13. The highest BCUT2D eigenvalue weighted by Gasteiger charge is 2.12. The average Bonchev–Trinajstić information content (AvgIpc) is 2.44. The number of nitrogens with zero attached hydrogens (tertiary/aromatic N) is 2. The van der Waals surface area contributed by atoms with Gasteiger partial charge in [-0.25, -0.2) is 9.97 Å². The van der Waals surface area contributed by atoms with Gasteiger partial charge in [-0.15, -0.1) is 0 Å². The van der Waals surface area contributed by atoms with Gasteiger partial charge in [0, 0.05) is 18.2 Å². The molecule has 1 N–H and O–H groups in total. The molecule has 1 aromatic carbocycles. The fraction of sp³-hybridized carbons (Fsp3) is 0.375. The summed E-state index contributed by atoms with van der Waals surface area (Å²) in [7, 11) is 1.69. The molecule has 1 aromatic heterocycles. The Morgan fingerprint density at radius 1 is 1.15 bits per heavy atom. The lowest BCUT2D eigenvalue weighted by molar-refractivity contribution is 0.415. The summed E-state index contributed by atoms with van der Waals surface area (Å²) in [5.41, 5.74) is 4.25. The zero-order valence-electron chi connectivity index (χ0n) is 12.5. The van der Waals surface area contributed by atoms with Crippen molar-refractivity contribution in [3.05, 3.63) is 35.7 Å². The normalized spacial score (nSPS) is 10.4. The Bertz CT molecular complexity index is 596. The summed E-state index contributed by atoms with van der Waals surface area (Å²) in [6, 6.07) is 6.14. The maximum absolute atomic E-state index is 5.50. The van der Waals surface area contributed by atoms with Gasteiger partial charge in [0.15, 0.2) is 0 Å². The van der Waals surface area contributed by atoms with E-state index in [4.69, 9.17) is 4.74 Å². The molecule has 0 aliphatic heterocycles. The molecule has 4 heteroatoms. The van der Waals surface area contributed by atoms with Crippen LogP contribution >= 0.6 is 0 Å². The first-order valence-corrected chi connectivity index (χ1v) is 6.87. The topological polar surface area (TPSA) is 47.0 Å². The largest absolute Gasteiger partial charge is 0.496 e. The lowest BCUT2D eigenvalue weighted by Crippen LogP contribution is -2.03. The van der Waals surface area contributed by atoms with Gasteiger partial charge in [-0.2, -0.15) is 0 Å². The summed E-state index contributed by atoms with van der Waals surface area (Å²) in [5.74, 6) is 1.70. The predicted octanol–water partition coefficient (Wildman–Crippen LogP) is 3.59. The van der Waals surface area contributed by atoms with Gasteiger partial charge in [0.05, 0.1) is 12.8 Å². The second-order valence-corrected chi connectivity index (χ2v) is 4.87. The molecule has 0 spiro atoms. The highest BCUT2D eigenvalue weighted by atomic mass is 16.5. The van der Waals surface area contributed by atoms with Crippen LogP contribution in [0.25, 0.3) is 11.3 Å². The highest BCUT2D eigenvalue weighted by molar-refractivity contribution is 5.73. The quantitative estimate of drug-likeness (QED) is 0.902. The molecule has 0 amide bonds. The van der Waals surface area contributed by atoms with Gasteiger partial charge in [-0.3, -0.25) is 0 Å². The van der Waals surface area contributed by atoms with Crippen molar-refractivity contribution in [2.75, 3.05) is 19.0 Å². The van der Waals surface area contributed by atoms with Crippen LogP contribution in [0.3, 0.4) is 0 Å². The van der Waals surface area contributed by atoms with Crippen molar-refractivity contribution in [2.45, 2.75) is 27.2 Å². The van der Waals surface area contributed by atoms with Crippen LogP contribution in [0.15, 0.2) is 24.5 Å². The van der Waals surface area contributed by atoms with Crippen molar-refractivity contribution < 1.29 is 4.74 Å². The molecule has 0 aliphatic rings. The van der Waals surface area contributed by atoms with E-state index in [1.54, 1.807) is 13.4 Å². The Morgan fingerprint density at radius 3 is 2.65 bits per heavy atom. The number of anilines is 1. The van der Waals surface area contributed by atoms with E-state index in [1.165, 1.54) is 5.56 Å². The number of aromatic nitrogens is 2. The number of methoxy groups -OCH3 is 1. The van der Waals surface area contributed by atoms with Crippen LogP contribution < -0.4 is 10.1 Å². The Hall–Kier alpha value is -2.10. The molecule has 0 aliphatic carbocycles. The Balaban J connectivity index is 2.45. The van der Waals surface area contributed by atoms with E-state index in [0.717, 1.165) is 41.4 Å². The standard InChI is InChI=1S/C16H21N3O/c1-5-6-17-15-9-13(18-10-19-15)16-12(3)7-11(2)8-14(16)20-4/h7-10H,5-6H2,1-4H3,(H,17,18,19). The number of nitrogens with one attached hydrogen (secondary N) is 1. The molecule has 20 heavy (non-hydrogen) atoms. The third-order valence-electron chi connectivity index (χ3n) is 3.14. The molecule has 0 fully saturated rings. The summed E-state index contributed by atoms with van der Waals surface area (Å²) in [5, 5.41) is 3.28. The highest BCUT2D eigenvalue weighted by Crippen LogP contribution is 2.33. The summed E-state index contributed by atoms with van der Waals surface area (Å²) in [6.45, 7) is 7.17. The Labute approximate surface area is 120 Å². The van der Waals surface area contributed by atoms with Crippen LogP contribution in [0.1, 0.15) is 24.5 Å². The van der Waals surface area contributed by atoms with Gasteiger partial charge in [0.25, 0.3) is 0 Å². The number of rotatable bonds is 5. The molecule has 0 saturated heterocycles. The molecule has 1 heterocycles. The fourth-order valence-corrected chi connectivity index (χ4v) is 2.26. The first-order chi connectivity index (χ1) is 9.65. The maximum Gasteiger partial charge on any atom is 0.129 e. The monoisotopic (exact) mass is 271 g/mol. The molecule has 0 atom stereocenters. The molecule has 4 nitrogen and oxygen atoms in total. The molecule has 2 aromatic rings. The van der Waals surface area contributed by atoms with E-state index in [-0.39, 0.29) is 0 Å². The summed E-state index contributed by atoms with van der Waals surface area (Å²) in [4.78, 5) is 8.63. The first-order valence-electron chi connectivity index (χ1n) is 6.87. The van der Waals surface area contributed by atoms with Crippen LogP contribution in [0.2, 0.25) is 0 Å². The minimum Gasteiger partial charge on any atom is -0.496 e. The third-order valence-corrected chi connectivity index (χ3v) is 3.14. The molecule has 0 unspecified atom stereocenters. The van der Waals surface area contributed by atoms with E-state index in [2.05, 4.69) is 42.1 Å². The second-order valence-electron chi connectivity index (χ2n) is 4.87. The summed E-state index contributed by atoms with van der Waals surface area (Å²) < 4.78 is 5.50. The van der Waals surface area contributed by atoms with Crippen LogP contribution in [0.4, 0.5) is 5.82 Å². The zero-order chi connectivity index (χ0) is 14.5. The van der Waals surface area contributed by atoms with Crippen LogP contribution in [0, 0.1) is 13.8 Å². The maximum atomic E-state index is 5.50. The zero-order valence-corrected chi connectivity index (χ0v) is 12.5. The van der Waals surface area contributed by atoms with Crippen molar-refractivity contribution in [1.82, 2.24) is 9.97 Å². The molecular formula is C16H21N3O. The predicted molar refractivity (Wildman–Crippen MR) is 82.3 cm³/mol. The first kappa shape index (κ1) is 14.3. The van der Waals surface area contributed by atoms with Crippen LogP contribution in [-0.2, 0) is 0 Å².